The fourth-order valence-corrected chi connectivity index (χ4v) is 0.964. The molecule has 4 heteroatoms. The van der Waals surface area contributed by atoms with E-state index in [2.05, 4.69) is 5.16 Å². The molecule has 0 aromatic rings. The van der Waals surface area contributed by atoms with Gasteiger partial charge in [0.15, 0.2) is 0 Å². The number of rotatable bonds is 1. The van der Waals surface area contributed by atoms with Crippen LogP contribution in [-0.4, -0.2) is 30.9 Å². The molecule has 0 bridgehead atoms. The van der Waals surface area contributed by atoms with Crippen LogP contribution in [-0.2, 0) is 9.47 Å². The van der Waals surface area contributed by atoms with Gasteiger partial charge in [-0.1, -0.05) is 5.16 Å². The third kappa shape index (κ3) is 1.70. The van der Waals surface area contributed by atoms with Gasteiger partial charge in [0, 0.05) is 0 Å². The van der Waals surface area contributed by atoms with Gasteiger partial charge in [0.05, 0.1) is 24.3 Å². The van der Waals surface area contributed by atoms with Crippen molar-refractivity contribution < 1.29 is 14.7 Å². The standard InChI is InChI=1S/C7H13NO3/c1-6(8-9)7(2)3-10-5-11-4-7/h9H,3-5H2,1-2H3/b8-6+. The zero-order valence-corrected chi connectivity index (χ0v) is 6.83. The molecule has 0 unspecified atom stereocenters. The number of hydrogen-bond donors (Lipinski definition) is 1. The van der Waals surface area contributed by atoms with Crippen molar-refractivity contribution in [3.05, 3.63) is 0 Å². The van der Waals surface area contributed by atoms with E-state index in [0.29, 0.717) is 25.7 Å². The van der Waals surface area contributed by atoms with E-state index in [1.54, 1.807) is 6.92 Å². The molecule has 0 aromatic heterocycles. The highest BCUT2D eigenvalue weighted by molar-refractivity contribution is 5.87. The van der Waals surface area contributed by atoms with Crippen molar-refractivity contribution in [3.63, 3.8) is 0 Å². The Morgan fingerprint density at radius 2 is 2.00 bits per heavy atom. The molecule has 0 spiro atoms. The van der Waals surface area contributed by atoms with Crippen LogP contribution < -0.4 is 0 Å². The van der Waals surface area contributed by atoms with Crippen LogP contribution >= 0.6 is 0 Å². The topological polar surface area (TPSA) is 51.1 Å². The van der Waals surface area contributed by atoms with Gasteiger partial charge in [-0.3, -0.25) is 0 Å². The zero-order chi connectivity index (χ0) is 8.32. The van der Waals surface area contributed by atoms with Crippen molar-refractivity contribution in [1.29, 1.82) is 0 Å². The normalized spacial score (nSPS) is 25.1. The van der Waals surface area contributed by atoms with E-state index in [1.165, 1.54) is 0 Å². The maximum atomic E-state index is 8.53. The summed E-state index contributed by atoms with van der Waals surface area (Å²) in [6.45, 7) is 5.17. The average molecular weight is 159 g/mol. The van der Waals surface area contributed by atoms with E-state index in [-0.39, 0.29) is 5.41 Å². The molecule has 11 heavy (non-hydrogen) atoms. The van der Waals surface area contributed by atoms with Crippen LogP contribution in [0, 0.1) is 5.41 Å². The minimum absolute atomic E-state index is 0.257. The summed E-state index contributed by atoms with van der Waals surface area (Å²) >= 11 is 0. The highest BCUT2D eigenvalue weighted by Gasteiger charge is 2.32. The zero-order valence-electron chi connectivity index (χ0n) is 6.83. The van der Waals surface area contributed by atoms with Crippen LogP contribution in [0.5, 0.6) is 0 Å². The first-order chi connectivity index (χ1) is 5.19. The van der Waals surface area contributed by atoms with E-state index in [1.807, 2.05) is 6.92 Å². The van der Waals surface area contributed by atoms with Crippen molar-refractivity contribution in [2.24, 2.45) is 10.6 Å². The van der Waals surface area contributed by atoms with Gasteiger partial charge < -0.3 is 14.7 Å². The Balaban J connectivity index is 2.64. The fraction of sp³-hybridized carbons (Fsp3) is 0.857. The van der Waals surface area contributed by atoms with Crippen molar-refractivity contribution in [1.82, 2.24) is 0 Å². The van der Waals surface area contributed by atoms with Crippen LogP contribution in [0.15, 0.2) is 5.16 Å². The molecule has 1 fully saturated rings. The lowest BCUT2D eigenvalue weighted by Crippen LogP contribution is -2.40. The molecule has 1 saturated heterocycles. The lowest BCUT2D eigenvalue weighted by atomic mass is 9.87. The Bertz CT molecular complexity index is 161. The maximum Gasteiger partial charge on any atom is 0.146 e. The summed E-state index contributed by atoms with van der Waals surface area (Å²) in [6, 6.07) is 0. The van der Waals surface area contributed by atoms with E-state index in [4.69, 9.17) is 14.7 Å². The van der Waals surface area contributed by atoms with Gasteiger partial charge in [-0.05, 0) is 13.8 Å². The van der Waals surface area contributed by atoms with E-state index >= 15 is 0 Å². The van der Waals surface area contributed by atoms with Gasteiger partial charge in [0.1, 0.15) is 6.79 Å². The minimum Gasteiger partial charge on any atom is -0.411 e. The molecule has 0 radical (unpaired) electrons. The molecular formula is C7H13NO3. The number of oxime groups is 1. The highest BCUT2D eigenvalue weighted by atomic mass is 16.7. The van der Waals surface area contributed by atoms with Crippen molar-refractivity contribution in [2.75, 3.05) is 20.0 Å². The molecule has 1 aliphatic rings. The molecule has 0 saturated carbocycles. The summed E-state index contributed by atoms with van der Waals surface area (Å²) in [4.78, 5) is 0. The van der Waals surface area contributed by atoms with Crippen molar-refractivity contribution in [3.8, 4) is 0 Å². The molecule has 64 valence electrons. The van der Waals surface area contributed by atoms with Gasteiger partial charge >= 0.3 is 0 Å². The Morgan fingerprint density at radius 1 is 1.45 bits per heavy atom. The SMILES string of the molecule is C/C(=N\O)C1(C)COCOC1. The summed E-state index contributed by atoms with van der Waals surface area (Å²) < 4.78 is 10.2. The minimum atomic E-state index is -0.257. The second kappa shape index (κ2) is 3.19. The van der Waals surface area contributed by atoms with Crippen LogP contribution in [0.2, 0.25) is 0 Å². The largest absolute Gasteiger partial charge is 0.411 e. The molecule has 1 rings (SSSR count). The quantitative estimate of drug-likeness (QED) is 0.350. The van der Waals surface area contributed by atoms with Gasteiger partial charge in [0.25, 0.3) is 0 Å². The number of hydrogen-bond acceptors (Lipinski definition) is 4. The first kappa shape index (κ1) is 8.49. The second-order valence-electron chi connectivity index (χ2n) is 3.06. The Kier molecular flexibility index (Phi) is 2.46. The Morgan fingerprint density at radius 3 is 2.45 bits per heavy atom. The molecule has 1 heterocycles. The van der Waals surface area contributed by atoms with Crippen LogP contribution in [0.4, 0.5) is 0 Å². The van der Waals surface area contributed by atoms with Crippen molar-refractivity contribution in [2.45, 2.75) is 13.8 Å². The first-order valence-electron chi connectivity index (χ1n) is 3.54. The molecule has 1 aliphatic heterocycles. The third-order valence-electron chi connectivity index (χ3n) is 2.03. The number of ether oxygens (including phenoxy) is 2. The molecule has 1 N–H and O–H groups in total. The van der Waals surface area contributed by atoms with Gasteiger partial charge in [-0.25, -0.2) is 0 Å². The molecule has 0 amide bonds. The monoisotopic (exact) mass is 159 g/mol. The Labute approximate surface area is 65.8 Å². The smallest absolute Gasteiger partial charge is 0.146 e. The third-order valence-corrected chi connectivity index (χ3v) is 2.03. The molecule has 0 aliphatic carbocycles. The summed E-state index contributed by atoms with van der Waals surface area (Å²) in [5, 5.41) is 11.7. The summed E-state index contributed by atoms with van der Waals surface area (Å²) in [6.07, 6.45) is 0. The van der Waals surface area contributed by atoms with Crippen molar-refractivity contribution >= 4 is 5.71 Å². The van der Waals surface area contributed by atoms with E-state index < -0.39 is 0 Å². The molecule has 0 aromatic carbocycles. The average Bonchev–Trinajstić information content (AvgIpc) is 2.04. The fourth-order valence-electron chi connectivity index (χ4n) is 0.964. The van der Waals surface area contributed by atoms with Crippen LogP contribution in [0.3, 0.4) is 0 Å². The predicted molar refractivity (Wildman–Crippen MR) is 39.8 cm³/mol. The molecular weight excluding hydrogens is 146 g/mol. The van der Waals surface area contributed by atoms with Gasteiger partial charge in [0.2, 0.25) is 0 Å². The van der Waals surface area contributed by atoms with Crippen LogP contribution in [0.25, 0.3) is 0 Å². The Hall–Kier alpha value is -0.610. The predicted octanol–water partition coefficient (Wildman–Crippen LogP) is 0.847. The lowest BCUT2D eigenvalue weighted by Gasteiger charge is -2.32. The highest BCUT2D eigenvalue weighted by Crippen LogP contribution is 2.22. The van der Waals surface area contributed by atoms with E-state index in [0.717, 1.165) is 0 Å². The molecule has 4 nitrogen and oxygen atoms in total. The van der Waals surface area contributed by atoms with Gasteiger partial charge in [-0.15, -0.1) is 0 Å². The maximum absolute atomic E-state index is 8.53. The number of nitrogens with zero attached hydrogens (tertiary/aromatic N) is 1. The van der Waals surface area contributed by atoms with Crippen LogP contribution in [0.1, 0.15) is 13.8 Å². The summed E-state index contributed by atoms with van der Waals surface area (Å²) in [5.41, 5.74) is 0.393. The first-order valence-corrected chi connectivity index (χ1v) is 3.54. The summed E-state index contributed by atoms with van der Waals surface area (Å²) in [7, 11) is 0. The van der Waals surface area contributed by atoms with Gasteiger partial charge in [-0.2, -0.15) is 0 Å². The second-order valence-corrected chi connectivity index (χ2v) is 3.06. The lowest BCUT2D eigenvalue weighted by molar-refractivity contribution is -0.138. The summed E-state index contributed by atoms with van der Waals surface area (Å²) in [5.74, 6) is 0. The molecule has 0 atom stereocenters. The van der Waals surface area contributed by atoms with E-state index in [9.17, 15) is 0 Å².